The van der Waals surface area contributed by atoms with E-state index in [1.54, 1.807) is 17.6 Å². The third-order valence-electron chi connectivity index (χ3n) is 5.17. The Morgan fingerprint density at radius 1 is 0.906 bits per heavy atom. The van der Waals surface area contributed by atoms with Crippen LogP contribution in [-0.2, 0) is 38.7 Å². The summed E-state index contributed by atoms with van der Waals surface area (Å²) in [5, 5.41) is 0. The summed E-state index contributed by atoms with van der Waals surface area (Å²) in [5.41, 5.74) is 2.69. The fraction of sp³-hybridized carbons (Fsp3) is 0.304. The highest BCUT2D eigenvalue weighted by Crippen LogP contribution is 2.19. The van der Waals surface area contributed by atoms with Gasteiger partial charge in [-0.25, -0.2) is 9.78 Å². The molecule has 0 fully saturated rings. The number of fused-ring (bicyclic) bond motifs is 2. The smallest absolute Gasteiger partial charge is 0.330 e. The number of ether oxygens (including phenoxy) is 2. The summed E-state index contributed by atoms with van der Waals surface area (Å²) in [4.78, 5) is 41.3. The second-order valence-electron chi connectivity index (χ2n) is 7.26. The average molecular weight is 436 g/mol. The number of carbonyl (C=O) groups is 2. The van der Waals surface area contributed by atoms with E-state index in [1.807, 2.05) is 47.0 Å². The SMILES string of the molecule is CCOC(=O)Cn1c(=O)n(Cc2nc3ccccc3n2CCOC(C)=O)c2ccccc21. The zero-order chi connectivity index (χ0) is 22.7. The fourth-order valence-corrected chi connectivity index (χ4v) is 3.83. The maximum atomic E-state index is 13.3. The van der Waals surface area contributed by atoms with Crippen LogP contribution in [0, 0.1) is 0 Å². The molecule has 166 valence electrons. The first kappa shape index (κ1) is 21.4. The molecular formula is C23H24N4O5. The van der Waals surface area contributed by atoms with Crippen LogP contribution in [0.25, 0.3) is 22.1 Å². The molecule has 0 radical (unpaired) electrons. The van der Waals surface area contributed by atoms with Crippen LogP contribution in [0.2, 0.25) is 0 Å². The van der Waals surface area contributed by atoms with Crippen molar-refractivity contribution in [2.24, 2.45) is 0 Å². The molecule has 32 heavy (non-hydrogen) atoms. The van der Waals surface area contributed by atoms with Crippen molar-refractivity contribution in [1.82, 2.24) is 18.7 Å². The van der Waals surface area contributed by atoms with Crippen LogP contribution in [0.4, 0.5) is 0 Å². The molecule has 9 nitrogen and oxygen atoms in total. The lowest BCUT2D eigenvalue weighted by molar-refractivity contribution is -0.144. The molecule has 0 unspecified atom stereocenters. The topological polar surface area (TPSA) is 97.4 Å². The van der Waals surface area contributed by atoms with Crippen molar-refractivity contribution in [3.63, 3.8) is 0 Å². The molecule has 4 rings (SSSR count). The molecule has 0 aliphatic heterocycles. The molecule has 0 saturated heterocycles. The minimum Gasteiger partial charge on any atom is -0.465 e. The minimum atomic E-state index is -0.467. The number of imidazole rings is 2. The molecule has 0 saturated carbocycles. The van der Waals surface area contributed by atoms with Crippen molar-refractivity contribution < 1.29 is 19.1 Å². The van der Waals surface area contributed by atoms with E-state index in [4.69, 9.17) is 14.5 Å². The van der Waals surface area contributed by atoms with Crippen molar-refractivity contribution >= 4 is 34.0 Å². The van der Waals surface area contributed by atoms with Crippen molar-refractivity contribution in [3.8, 4) is 0 Å². The number of esters is 2. The zero-order valence-corrected chi connectivity index (χ0v) is 18.0. The number of hydrogen-bond donors (Lipinski definition) is 0. The van der Waals surface area contributed by atoms with Gasteiger partial charge in [0.05, 0.1) is 41.8 Å². The van der Waals surface area contributed by atoms with Crippen LogP contribution in [0.1, 0.15) is 19.7 Å². The lowest BCUT2D eigenvalue weighted by Crippen LogP contribution is -2.29. The van der Waals surface area contributed by atoms with E-state index >= 15 is 0 Å². The predicted octanol–water partition coefficient (Wildman–Crippen LogP) is 2.33. The number of nitrogens with zero attached hydrogens (tertiary/aromatic N) is 4. The summed E-state index contributed by atoms with van der Waals surface area (Å²) in [5.74, 6) is -0.167. The standard InChI is InChI=1S/C23H24N4O5/c1-3-31-22(29)15-27-20-11-7-6-10-19(20)26(23(27)30)14-21-24-17-8-4-5-9-18(17)25(21)12-13-32-16(2)28/h4-11H,3,12-15H2,1-2H3. The number of aromatic nitrogens is 4. The van der Waals surface area contributed by atoms with Gasteiger partial charge in [0, 0.05) is 6.92 Å². The van der Waals surface area contributed by atoms with Gasteiger partial charge in [-0.05, 0) is 31.2 Å². The Kier molecular flexibility index (Phi) is 6.07. The maximum absolute atomic E-state index is 13.3. The molecule has 0 bridgehead atoms. The second-order valence-corrected chi connectivity index (χ2v) is 7.26. The van der Waals surface area contributed by atoms with Gasteiger partial charge in [-0.2, -0.15) is 0 Å². The Hall–Kier alpha value is -3.88. The molecule has 4 aromatic rings. The lowest BCUT2D eigenvalue weighted by atomic mass is 10.3. The van der Waals surface area contributed by atoms with Crippen LogP contribution in [-0.4, -0.2) is 43.8 Å². The molecule has 2 heterocycles. The largest absolute Gasteiger partial charge is 0.465 e. The maximum Gasteiger partial charge on any atom is 0.330 e. The van der Waals surface area contributed by atoms with E-state index in [9.17, 15) is 14.4 Å². The summed E-state index contributed by atoms with van der Waals surface area (Å²) in [6.07, 6.45) is 0. The lowest BCUT2D eigenvalue weighted by Gasteiger charge is -2.10. The number of hydrogen-bond acceptors (Lipinski definition) is 6. The Labute approximate surface area is 183 Å². The quantitative estimate of drug-likeness (QED) is 0.393. The fourth-order valence-electron chi connectivity index (χ4n) is 3.83. The molecule has 0 spiro atoms. The van der Waals surface area contributed by atoms with Crippen LogP contribution in [0.15, 0.2) is 53.3 Å². The van der Waals surface area contributed by atoms with Gasteiger partial charge in [-0.15, -0.1) is 0 Å². The number of rotatable bonds is 8. The van der Waals surface area contributed by atoms with Crippen molar-refractivity contribution in [2.45, 2.75) is 33.5 Å². The second kappa shape index (κ2) is 9.09. The molecule has 0 N–H and O–H groups in total. The molecule has 0 amide bonds. The van der Waals surface area contributed by atoms with E-state index in [1.165, 1.54) is 11.5 Å². The summed E-state index contributed by atoms with van der Waals surface area (Å²) in [7, 11) is 0. The first-order valence-corrected chi connectivity index (χ1v) is 10.4. The highest BCUT2D eigenvalue weighted by atomic mass is 16.5. The van der Waals surface area contributed by atoms with Crippen molar-refractivity contribution in [2.75, 3.05) is 13.2 Å². The molecule has 0 atom stereocenters. The predicted molar refractivity (Wildman–Crippen MR) is 118 cm³/mol. The Balaban J connectivity index is 1.77. The van der Waals surface area contributed by atoms with Gasteiger partial charge in [-0.1, -0.05) is 24.3 Å². The third kappa shape index (κ3) is 4.14. The van der Waals surface area contributed by atoms with Crippen LogP contribution in [0.5, 0.6) is 0 Å². The normalized spacial score (nSPS) is 11.2. The van der Waals surface area contributed by atoms with E-state index in [-0.39, 0.29) is 38.0 Å². The molecular weight excluding hydrogens is 412 g/mol. The summed E-state index contributed by atoms with van der Waals surface area (Å²) >= 11 is 0. The van der Waals surface area contributed by atoms with E-state index in [0.29, 0.717) is 23.4 Å². The van der Waals surface area contributed by atoms with Gasteiger partial charge in [0.2, 0.25) is 0 Å². The first-order valence-electron chi connectivity index (χ1n) is 10.4. The monoisotopic (exact) mass is 436 g/mol. The van der Waals surface area contributed by atoms with Crippen LogP contribution in [0.3, 0.4) is 0 Å². The summed E-state index contributed by atoms with van der Waals surface area (Å²) < 4.78 is 15.1. The van der Waals surface area contributed by atoms with E-state index in [0.717, 1.165) is 11.0 Å². The summed E-state index contributed by atoms with van der Waals surface area (Å²) in [6, 6.07) is 14.9. The van der Waals surface area contributed by atoms with Crippen molar-refractivity contribution in [1.29, 1.82) is 0 Å². The van der Waals surface area contributed by atoms with Gasteiger partial charge in [0.15, 0.2) is 0 Å². The van der Waals surface area contributed by atoms with Crippen LogP contribution >= 0.6 is 0 Å². The zero-order valence-electron chi connectivity index (χ0n) is 18.0. The molecule has 9 heteroatoms. The minimum absolute atomic E-state index is 0.164. The Morgan fingerprint density at radius 2 is 1.56 bits per heavy atom. The molecule has 0 aliphatic carbocycles. The third-order valence-corrected chi connectivity index (χ3v) is 5.17. The Morgan fingerprint density at radius 3 is 2.25 bits per heavy atom. The number of para-hydroxylation sites is 4. The average Bonchev–Trinajstić information content (AvgIpc) is 3.24. The highest BCUT2D eigenvalue weighted by Gasteiger charge is 2.19. The van der Waals surface area contributed by atoms with Crippen molar-refractivity contribution in [3.05, 3.63) is 64.8 Å². The number of benzene rings is 2. The molecule has 2 aromatic carbocycles. The molecule has 0 aliphatic rings. The van der Waals surface area contributed by atoms with Crippen LogP contribution < -0.4 is 5.69 Å². The number of carbonyl (C=O) groups excluding carboxylic acids is 2. The van der Waals surface area contributed by atoms with Gasteiger partial charge in [0.25, 0.3) is 0 Å². The van der Waals surface area contributed by atoms with Gasteiger partial charge in [-0.3, -0.25) is 18.7 Å². The highest BCUT2D eigenvalue weighted by molar-refractivity contribution is 5.79. The summed E-state index contributed by atoms with van der Waals surface area (Å²) in [6.45, 7) is 3.98. The van der Waals surface area contributed by atoms with E-state index < -0.39 is 5.97 Å². The first-order chi connectivity index (χ1) is 15.5. The van der Waals surface area contributed by atoms with Gasteiger partial charge < -0.3 is 14.0 Å². The van der Waals surface area contributed by atoms with Gasteiger partial charge in [0.1, 0.15) is 19.0 Å². The van der Waals surface area contributed by atoms with Gasteiger partial charge >= 0.3 is 17.6 Å². The molecule has 2 aromatic heterocycles. The van der Waals surface area contributed by atoms with E-state index in [2.05, 4.69) is 0 Å². The Bertz CT molecular complexity index is 1350.